The van der Waals surface area contributed by atoms with Crippen molar-refractivity contribution in [2.45, 2.75) is 10.4 Å². The number of hydrogen-bond donors (Lipinski definition) is 2. The SMILES string of the molecule is COc1ccc(OC)c(NS(=O)(=O)c2ccc(-c3cc(C(F)(F)F)[nH]n3)s2)c1. The van der Waals surface area contributed by atoms with Crippen LogP contribution in [-0.4, -0.2) is 32.8 Å². The maximum absolute atomic E-state index is 12.7. The van der Waals surface area contributed by atoms with E-state index in [1.807, 2.05) is 5.10 Å². The van der Waals surface area contributed by atoms with E-state index in [1.165, 1.54) is 32.4 Å². The summed E-state index contributed by atoms with van der Waals surface area (Å²) in [5.41, 5.74) is -0.854. The van der Waals surface area contributed by atoms with Crippen molar-refractivity contribution >= 4 is 27.0 Å². The van der Waals surface area contributed by atoms with Crippen LogP contribution in [0.4, 0.5) is 18.9 Å². The quantitative estimate of drug-likeness (QED) is 0.614. The number of rotatable bonds is 6. The van der Waals surface area contributed by atoms with Crippen molar-refractivity contribution in [3.05, 3.63) is 42.1 Å². The third-order valence-electron chi connectivity index (χ3n) is 3.63. The lowest BCUT2D eigenvalue weighted by Gasteiger charge is -2.12. The highest BCUT2D eigenvalue weighted by Crippen LogP contribution is 2.36. The van der Waals surface area contributed by atoms with Gasteiger partial charge in [-0.25, -0.2) is 8.42 Å². The minimum absolute atomic E-state index is 0.00210. The lowest BCUT2D eigenvalue weighted by molar-refractivity contribution is -0.141. The summed E-state index contributed by atoms with van der Waals surface area (Å²) in [7, 11) is -1.18. The first-order valence-corrected chi connectivity index (χ1v) is 9.91. The molecule has 0 radical (unpaired) electrons. The van der Waals surface area contributed by atoms with Crippen LogP contribution in [0.5, 0.6) is 11.5 Å². The van der Waals surface area contributed by atoms with Crippen molar-refractivity contribution in [3.63, 3.8) is 0 Å². The van der Waals surface area contributed by atoms with Crippen LogP contribution in [-0.2, 0) is 16.2 Å². The number of nitrogens with zero attached hydrogens (tertiary/aromatic N) is 1. The molecule has 0 aliphatic carbocycles. The van der Waals surface area contributed by atoms with Gasteiger partial charge in [-0.3, -0.25) is 9.82 Å². The van der Waals surface area contributed by atoms with E-state index in [0.717, 1.165) is 17.4 Å². The Labute approximate surface area is 162 Å². The minimum Gasteiger partial charge on any atom is -0.497 e. The molecule has 0 saturated carbocycles. The van der Waals surface area contributed by atoms with Gasteiger partial charge in [0.05, 0.1) is 24.8 Å². The molecule has 0 unspecified atom stereocenters. The summed E-state index contributed by atoms with van der Waals surface area (Å²) < 4.78 is 75.9. The number of hydrogen-bond acceptors (Lipinski definition) is 6. The number of nitrogens with one attached hydrogen (secondary N) is 2. The highest BCUT2D eigenvalue weighted by Gasteiger charge is 2.33. The van der Waals surface area contributed by atoms with Gasteiger partial charge in [0.15, 0.2) is 0 Å². The fourth-order valence-corrected chi connectivity index (χ4v) is 4.61. The van der Waals surface area contributed by atoms with Crippen LogP contribution < -0.4 is 14.2 Å². The van der Waals surface area contributed by atoms with E-state index in [4.69, 9.17) is 9.47 Å². The standard InChI is InChI=1S/C16H14F3N3O4S2/c1-25-9-3-4-12(26-2)10(7-9)22-28(23,24)15-6-5-13(27-15)11-8-14(21-20-11)16(17,18)19/h3-8,22H,1-2H3,(H,20,21). The number of ether oxygens (including phenoxy) is 2. The fourth-order valence-electron chi connectivity index (χ4n) is 2.28. The topological polar surface area (TPSA) is 93.3 Å². The molecule has 0 atom stereocenters. The molecule has 28 heavy (non-hydrogen) atoms. The lowest BCUT2D eigenvalue weighted by Crippen LogP contribution is -2.12. The molecule has 3 rings (SSSR count). The minimum atomic E-state index is -4.57. The van der Waals surface area contributed by atoms with Crippen LogP contribution in [0.3, 0.4) is 0 Å². The average molecular weight is 433 g/mol. The third kappa shape index (κ3) is 4.07. The van der Waals surface area contributed by atoms with Crippen LogP contribution >= 0.6 is 11.3 Å². The van der Waals surface area contributed by atoms with Gasteiger partial charge in [-0.15, -0.1) is 11.3 Å². The first-order valence-electron chi connectivity index (χ1n) is 7.61. The van der Waals surface area contributed by atoms with Gasteiger partial charge in [0.1, 0.15) is 27.1 Å². The van der Waals surface area contributed by atoms with E-state index < -0.39 is 21.9 Å². The number of anilines is 1. The second-order valence-electron chi connectivity index (χ2n) is 5.46. The first kappa shape index (κ1) is 20.0. The van der Waals surface area contributed by atoms with Gasteiger partial charge in [-0.2, -0.15) is 18.3 Å². The summed E-state index contributed by atoms with van der Waals surface area (Å²) in [5, 5.41) is 5.49. The maximum atomic E-state index is 12.7. The molecule has 0 fully saturated rings. The number of alkyl halides is 3. The molecule has 0 bridgehead atoms. The van der Waals surface area contributed by atoms with E-state index in [2.05, 4.69) is 9.82 Å². The van der Waals surface area contributed by atoms with Gasteiger partial charge < -0.3 is 9.47 Å². The summed E-state index contributed by atoms with van der Waals surface area (Å²) >= 11 is 0.787. The molecular formula is C16H14F3N3O4S2. The van der Waals surface area contributed by atoms with E-state index in [1.54, 1.807) is 12.1 Å². The monoisotopic (exact) mass is 433 g/mol. The van der Waals surface area contributed by atoms with E-state index >= 15 is 0 Å². The molecule has 3 aromatic rings. The van der Waals surface area contributed by atoms with E-state index in [0.29, 0.717) is 5.75 Å². The van der Waals surface area contributed by atoms with Crippen molar-refractivity contribution < 1.29 is 31.1 Å². The van der Waals surface area contributed by atoms with E-state index in [-0.39, 0.29) is 26.2 Å². The first-order chi connectivity index (χ1) is 13.1. The molecule has 0 aliphatic heterocycles. The number of aromatic amines is 1. The molecule has 12 heteroatoms. The Balaban J connectivity index is 1.89. The molecule has 150 valence electrons. The number of halogens is 3. The highest BCUT2D eigenvalue weighted by atomic mass is 32.2. The zero-order valence-corrected chi connectivity index (χ0v) is 16.1. The van der Waals surface area contributed by atoms with Crippen molar-refractivity contribution in [2.24, 2.45) is 0 Å². The molecule has 0 spiro atoms. The summed E-state index contributed by atoms with van der Waals surface area (Å²) in [6.45, 7) is 0. The highest BCUT2D eigenvalue weighted by molar-refractivity contribution is 7.94. The Bertz CT molecular complexity index is 1090. The zero-order chi connectivity index (χ0) is 20.5. The van der Waals surface area contributed by atoms with E-state index in [9.17, 15) is 21.6 Å². The number of sulfonamides is 1. The molecular weight excluding hydrogens is 419 g/mol. The molecule has 2 N–H and O–H groups in total. The Morgan fingerprint density at radius 2 is 1.86 bits per heavy atom. The van der Waals surface area contributed by atoms with Crippen LogP contribution in [0.2, 0.25) is 0 Å². The molecule has 0 saturated heterocycles. The third-order valence-corrected chi connectivity index (χ3v) is 6.60. The zero-order valence-electron chi connectivity index (χ0n) is 14.5. The number of aromatic nitrogens is 2. The van der Waals surface area contributed by atoms with Crippen molar-refractivity contribution in [1.82, 2.24) is 10.2 Å². The van der Waals surface area contributed by atoms with Gasteiger partial charge in [-0.05, 0) is 30.3 Å². The van der Waals surface area contributed by atoms with Gasteiger partial charge >= 0.3 is 6.18 Å². The number of thiophene rings is 1. The van der Waals surface area contributed by atoms with Gasteiger partial charge in [-0.1, -0.05) is 0 Å². The molecule has 7 nitrogen and oxygen atoms in total. The van der Waals surface area contributed by atoms with Crippen molar-refractivity contribution in [2.75, 3.05) is 18.9 Å². The predicted molar refractivity (Wildman–Crippen MR) is 97.3 cm³/mol. The summed E-state index contributed by atoms with van der Waals surface area (Å²) in [6.07, 6.45) is -4.57. The summed E-state index contributed by atoms with van der Waals surface area (Å²) in [5.74, 6) is 0.699. The van der Waals surface area contributed by atoms with Crippen molar-refractivity contribution in [3.8, 4) is 22.1 Å². The Morgan fingerprint density at radius 3 is 2.46 bits per heavy atom. The van der Waals surface area contributed by atoms with Crippen LogP contribution in [0, 0.1) is 0 Å². The Kier molecular flexibility index (Phi) is 5.26. The normalized spacial score (nSPS) is 12.0. The second-order valence-corrected chi connectivity index (χ2v) is 8.45. The van der Waals surface area contributed by atoms with Crippen LogP contribution in [0.25, 0.3) is 10.6 Å². The molecule has 1 aromatic carbocycles. The van der Waals surface area contributed by atoms with Gasteiger partial charge in [0.2, 0.25) is 0 Å². The maximum Gasteiger partial charge on any atom is 0.432 e. The second kappa shape index (κ2) is 7.36. The smallest absolute Gasteiger partial charge is 0.432 e. The molecule has 2 heterocycles. The fraction of sp³-hybridized carbons (Fsp3) is 0.188. The van der Waals surface area contributed by atoms with Gasteiger partial charge in [0.25, 0.3) is 10.0 Å². The number of methoxy groups -OCH3 is 2. The number of H-pyrrole nitrogens is 1. The summed E-state index contributed by atoms with van der Waals surface area (Å²) in [6, 6.07) is 8.10. The van der Waals surface area contributed by atoms with Crippen LogP contribution in [0.15, 0.2) is 40.6 Å². The largest absolute Gasteiger partial charge is 0.497 e. The lowest BCUT2D eigenvalue weighted by atomic mass is 10.3. The van der Waals surface area contributed by atoms with Crippen molar-refractivity contribution in [1.29, 1.82) is 0 Å². The van der Waals surface area contributed by atoms with Gasteiger partial charge in [0, 0.05) is 6.07 Å². The average Bonchev–Trinajstić information content (AvgIpc) is 3.30. The predicted octanol–water partition coefficient (Wildman–Crippen LogP) is 3.98. The number of benzene rings is 1. The molecule has 2 aromatic heterocycles. The summed E-state index contributed by atoms with van der Waals surface area (Å²) in [4.78, 5) is 0.268. The molecule has 0 amide bonds. The molecule has 0 aliphatic rings. The van der Waals surface area contributed by atoms with Crippen LogP contribution in [0.1, 0.15) is 5.69 Å². The Morgan fingerprint density at radius 1 is 1.11 bits per heavy atom. The Hall–Kier alpha value is -2.73.